The predicted molar refractivity (Wildman–Crippen MR) is 75.6 cm³/mol. The van der Waals surface area contributed by atoms with Crippen LogP contribution in [0, 0.1) is 0 Å². The first-order valence-corrected chi connectivity index (χ1v) is 6.55. The summed E-state index contributed by atoms with van der Waals surface area (Å²) >= 11 is 3.40. The van der Waals surface area contributed by atoms with Gasteiger partial charge < -0.3 is 9.47 Å². The Hall–Kier alpha value is -1.56. The molecule has 2 heterocycles. The minimum absolute atomic E-state index is 0.427. The molecule has 0 aliphatic heterocycles. The average molecular weight is 327 g/mol. The molecule has 0 unspecified atom stereocenters. The van der Waals surface area contributed by atoms with Crippen molar-refractivity contribution in [2.45, 2.75) is 26.4 Å². The van der Waals surface area contributed by atoms with Crippen LogP contribution in [0.25, 0.3) is 10.9 Å². The van der Waals surface area contributed by atoms with Gasteiger partial charge in [-0.25, -0.2) is 9.78 Å². The molecule has 5 nitrogen and oxygen atoms in total. The van der Waals surface area contributed by atoms with E-state index in [1.54, 1.807) is 18.5 Å². The molecule has 0 aromatic carbocycles. The van der Waals surface area contributed by atoms with Gasteiger partial charge in [0, 0.05) is 17.8 Å². The highest BCUT2D eigenvalue weighted by molar-refractivity contribution is 9.10. The molecule has 0 atom stereocenters. The standard InChI is InChI=1S/C13H15BrN2O3/c1-13(2,3)19-12(17)16-6-5-8-7-15-11(18-4)9(14)10(8)16/h5-7H,1-4H3. The number of pyridine rings is 1. The number of carbonyl (C=O) groups excluding carboxylic acids is 1. The van der Waals surface area contributed by atoms with Crippen molar-refractivity contribution in [1.82, 2.24) is 9.55 Å². The molecule has 0 bridgehead atoms. The normalized spacial score (nSPS) is 11.6. The largest absolute Gasteiger partial charge is 0.480 e. The van der Waals surface area contributed by atoms with Gasteiger partial charge in [0.2, 0.25) is 5.88 Å². The molecule has 0 saturated carbocycles. The number of hydrogen-bond donors (Lipinski definition) is 0. The third kappa shape index (κ3) is 2.73. The van der Waals surface area contributed by atoms with Crippen LogP contribution in [-0.4, -0.2) is 28.4 Å². The van der Waals surface area contributed by atoms with E-state index in [1.807, 2.05) is 20.8 Å². The lowest BCUT2D eigenvalue weighted by Gasteiger charge is -2.20. The van der Waals surface area contributed by atoms with E-state index in [0.717, 1.165) is 5.39 Å². The third-order valence-electron chi connectivity index (χ3n) is 2.42. The molecule has 0 spiro atoms. The van der Waals surface area contributed by atoms with Gasteiger partial charge in [0.15, 0.2) is 0 Å². The maximum absolute atomic E-state index is 12.1. The fraction of sp³-hybridized carbons (Fsp3) is 0.385. The maximum Gasteiger partial charge on any atom is 0.419 e. The van der Waals surface area contributed by atoms with Gasteiger partial charge in [-0.15, -0.1) is 0 Å². The molecule has 2 rings (SSSR count). The molecule has 0 fully saturated rings. The summed E-state index contributed by atoms with van der Waals surface area (Å²) in [6.45, 7) is 5.48. The van der Waals surface area contributed by atoms with E-state index in [-0.39, 0.29) is 0 Å². The van der Waals surface area contributed by atoms with Crippen LogP contribution in [0.15, 0.2) is 22.9 Å². The number of rotatable bonds is 1. The van der Waals surface area contributed by atoms with Crippen molar-refractivity contribution in [2.24, 2.45) is 0 Å². The zero-order chi connectivity index (χ0) is 14.2. The highest BCUT2D eigenvalue weighted by Crippen LogP contribution is 2.31. The fourth-order valence-electron chi connectivity index (χ4n) is 1.68. The van der Waals surface area contributed by atoms with Gasteiger partial charge in [-0.05, 0) is 42.8 Å². The summed E-state index contributed by atoms with van der Waals surface area (Å²) in [5.41, 5.74) is 0.137. The monoisotopic (exact) mass is 326 g/mol. The highest BCUT2D eigenvalue weighted by atomic mass is 79.9. The first-order valence-electron chi connectivity index (χ1n) is 5.76. The molecular weight excluding hydrogens is 312 g/mol. The van der Waals surface area contributed by atoms with Crippen molar-refractivity contribution in [1.29, 1.82) is 0 Å². The molecular formula is C13H15BrN2O3. The molecule has 0 amide bonds. The number of halogens is 1. The van der Waals surface area contributed by atoms with E-state index in [0.29, 0.717) is 15.9 Å². The van der Waals surface area contributed by atoms with Crippen LogP contribution in [0.4, 0.5) is 4.79 Å². The van der Waals surface area contributed by atoms with Gasteiger partial charge in [-0.3, -0.25) is 4.57 Å². The Morgan fingerprint density at radius 3 is 2.68 bits per heavy atom. The first kappa shape index (κ1) is 13.9. The smallest absolute Gasteiger partial charge is 0.419 e. The van der Waals surface area contributed by atoms with E-state index in [1.165, 1.54) is 11.7 Å². The van der Waals surface area contributed by atoms with Crippen molar-refractivity contribution in [3.63, 3.8) is 0 Å². The predicted octanol–water partition coefficient (Wildman–Crippen LogP) is 3.59. The lowest BCUT2D eigenvalue weighted by molar-refractivity contribution is 0.0544. The molecule has 0 saturated heterocycles. The Morgan fingerprint density at radius 1 is 1.42 bits per heavy atom. The number of hydrogen-bond acceptors (Lipinski definition) is 4. The van der Waals surface area contributed by atoms with Crippen molar-refractivity contribution in [2.75, 3.05) is 7.11 Å². The van der Waals surface area contributed by atoms with Crippen LogP contribution < -0.4 is 4.74 Å². The number of methoxy groups -OCH3 is 1. The van der Waals surface area contributed by atoms with Crippen molar-refractivity contribution in [3.8, 4) is 5.88 Å². The van der Waals surface area contributed by atoms with Crippen molar-refractivity contribution >= 4 is 32.9 Å². The lowest BCUT2D eigenvalue weighted by Crippen LogP contribution is -2.26. The highest BCUT2D eigenvalue weighted by Gasteiger charge is 2.21. The minimum atomic E-state index is -0.544. The zero-order valence-electron chi connectivity index (χ0n) is 11.2. The van der Waals surface area contributed by atoms with Gasteiger partial charge in [-0.2, -0.15) is 0 Å². The quantitative estimate of drug-likeness (QED) is 0.803. The number of ether oxygens (including phenoxy) is 2. The third-order valence-corrected chi connectivity index (χ3v) is 3.13. The van der Waals surface area contributed by atoms with Crippen LogP contribution >= 0.6 is 15.9 Å². The molecule has 6 heteroatoms. The number of nitrogens with zero attached hydrogens (tertiary/aromatic N) is 2. The summed E-state index contributed by atoms with van der Waals surface area (Å²) in [6.07, 6.45) is 2.88. The van der Waals surface area contributed by atoms with Gasteiger partial charge in [0.05, 0.1) is 12.6 Å². The van der Waals surface area contributed by atoms with E-state index in [4.69, 9.17) is 9.47 Å². The van der Waals surface area contributed by atoms with Gasteiger partial charge in [0.25, 0.3) is 0 Å². The number of fused-ring (bicyclic) bond motifs is 1. The summed E-state index contributed by atoms with van der Waals surface area (Å²) in [5, 5.41) is 0.832. The van der Waals surface area contributed by atoms with Crippen LogP contribution in [0.3, 0.4) is 0 Å². The van der Waals surface area contributed by atoms with Crippen LogP contribution in [0.5, 0.6) is 5.88 Å². The lowest BCUT2D eigenvalue weighted by atomic mass is 10.2. The molecule has 0 N–H and O–H groups in total. The summed E-state index contributed by atoms with van der Waals surface area (Å²) in [4.78, 5) is 16.3. The van der Waals surface area contributed by atoms with E-state index >= 15 is 0 Å². The molecule has 102 valence electrons. The Labute approximate surface area is 119 Å². The second kappa shape index (κ2) is 4.85. The van der Waals surface area contributed by atoms with Crippen LogP contribution in [0.2, 0.25) is 0 Å². The number of carbonyl (C=O) groups is 1. The summed E-state index contributed by atoms with van der Waals surface area (Å²) in [7, 11) is 1.53. The Kier molecular flexibility index (Phi) is 3.54. The summed E-state index contributed by atoms with van der Waals surface area (Å²) in [6, 6.07) is 1.80. The average Bonchev–Trinajstić information content (AvgIpc) is 2.72. The van der Waals surface area contributed by atoms with Crippen molar-refractivity contribution < 1.29 is 14.3 Å². The summed E-state index contributed by atoms with van der Waals surface area (Å²) in [5.74, 6) is 0.427. The maximum atomic E-state index is 12.1. The SMILES string of the molecule is COc1ncc2ccn(C(=O)OC(C)(C)C)c2c1Br. The molecule has 0 radical (unpaired) electrons. The second-order valence-electron chi connectivity index (χ2n) is 5.05. The molecule has 2 aromatic rings. The van der Waals surface area contributed by atoms with E-state index in [2.05, 4.69) is 20.9 Å². The van der Waals surface area contributed by atoms with Gasteiger partial charge in [0.1, 0.15) is 10.1 Å². The van der Waals surface area contributed by atoms with E-state index in [9.17, 15) is 4.79 Å². The number of aromatic nitrogens is 2. The Morgan fingerprint density at radius 2 is 2.11 bits per heavy atom. The summed E-state index contributed by atoms with van der Waals surface area (Å²) < 4.78 is 12.6. The minimum Gasteiger partial charge on any atom is -0.480 e. The van der Waals surface area contributed by atoms with Crippen LogP contribution in [-0.2, 0) is 4.74 Å². The molecule has 2 aromatic heterocycles. The topological polar surface area (TPSA) is 53.4 Å². The zero-order valence-corrected chi connectivity index (χ0v) is 12.8. The van der Waals surface area contributed by atoms with Crippen molar-refractivity contribution in [3.05, 3.63) is 22.9 Å². The fourth-order valence-corrected chi connectivity index (χ4v) is 2.36. The van der Waals surface area contributed by atoms with Crippen LogP contribution in [0.1, 0.15) is 20.8 Å². The Balaban J connectivity index is 2.53. The molecule has 0 aliphatic rings. The molecule has 0 aliphatic carbocycles. The van der Waals surface area contributed by atoms with E-state index < -0.39 is 11.7 Å². The second-order valence-corrected chi connectivity index (χ2v) is 5.84. The van der Waals surface area contributed by atoms with Gasteiger partial charge >= 0.3 is 6.09 Å². The Bertz CT molecular complexity index is 629. The van der Waals surface area contributed by atoms with Gasteiger partial charge in [-0.1, -0.05) is 0 Å². The molecule has 19 heavy (non-hydrogen) atoms. The first-order chi connectivity index (χ1) is 8.83.